The Hall–Kier alpha value is -2.36. The number of methoxy groups -OCH3 is 1. The molecule has 2 rings (SSSR count). The summed E-state index contributed by atoms with van der Waals surface area (Å²) in [6, 6.07) is 13.1. The highest BCUT2D eigenvalue weighted by Gasteiger charge is 2.11. The first-order chi connectivity index (χ1) is 11.5. The van der Waals surface area contributed by atoms with Gasteiger partial charge in [-0.05, 0) is 41.7 Å². The number of benzene rings is 2. The van der Waals surface area contributed by atoms with Gasteiger partial charge in [0, 0.05) is 20.0 Å². The van der Waals surface area contributed by atoms with E-state index in [0.717, 1.165) is 17.5 Å². The Bertz CT molecular complexity index is 683. The largest absolute Gasteiger partial charge is 0.494 e. The fourth-order valence-corrected chi connectivity index (χ4v) is 2.55. The van der Waals surface area contributed by atoms with Crippen LogP contribution in [0.15, 0.2) is 42.5 Å². The molecule has 0 saturated carbocycles. The minimum absolute atomic E-state index is 0.0470. The SMILES string of the molecule is CCc1ccc(CN(C)C(=O)CCc2ccc(OC)c(F)c2)cc1. The van der Waals surface area contributed by atoms with Crippen molar-refractivity contribution >= 4 is 5.91 Å². The lowest BCUT2D eigenvalue weighted by Gasteiger charge is -2.17. The summed E-state index contributed by atoms with van der Waals surface area (Å²) in [5, 5.41) is 0. The van der Waals surface area contributed by atoms with E-state index in [1.165, 1.54) is 18.7 Å². The number of carbonyl (C=O) groups excluding carboxylic acids is 1. The molecule has 0 saturated heterocycles. The Morgan fingerprint density at radius 3 is 2.29 bits per heavy atom. The summed E-state index contributed by atoms with van der Waals surface area (Å²) in [5.74, 6) is -0.129. The summed E-state index contributed by atoms with van der Waals surface area (Å²) in [6.07, 6.45) is 1.88. The highest BCUT2D eigenvalue weighted by molar-refractivity contribution is 5.76. The molecule has 0 N–H and O–H groups in total. The predicted octanol–water partition coefficient (Wildman–Crippen LogP) is 3.99. The topological polar surface area (TPSA) is 29.5 Å². The van der Waals surface area contributed by atoms with Gasteiger partial charge in [0.2, 0.25) is 5.91 Å². The van der Waals surface area contributed by atoms with Crippen molar-refractivity contribution in [3.63, 3.8) is 0 Å². The van der Waals surface area contributed by atoms with Gasteiger partial charge >= 0.3 is 0 Å². The Labute approximate surface area is 143 Å². The second kappa shape index (κ2) is 8.48. The van der Waals surface area contributed by atoms with Gasteiger partial charge in [0.15, 0.2) is 11.6 Å². The number of amides is 1. The Morgan fingerprint density at radius 2 is 1.71 bits per heavy atom. The first-order valence-corrected chi connectivity index (χ1v) is 8.17. The second-order valence-electron chi connectivity index (χ2n) is 5.89. The standard InChI is InChI=1S/C20H24FNO2/c1-4-15-5-7-17(8-6-15)14-22(2)20(23)12-10-16-9-11-19(24-3)18(21)13-16/h5-9,11,13H,4,10,12,14H2,1-3H3. The summed E-state index contributed by atoms with van der Waals surface area (Å²) >= 11 is 0. The summed E-state index contributed by atoms with van der Waals surface area (Å²) in [7, 11) is 3.23. The van der Waals surface area contributed by atoms with Gasteiger partial charge in [-0.2, -0.15) is 0 Å². The van der Waals surface area contributed by atoms with Crippen LogP contribution < -0.4 is 4.74 Å². The van der Waals surface area contributed by atoms with E-state index in [1.807, 2.05) is 0 Å². The number of rotatable bonds is 7. The third-order valence-electron chi connectivity index (χ3n) is 4.12. The molecular weight excluding hydrogens is 305 g/mol. The van der Waals surface area contributed by atoms with Crippen LogP contribution in [0.5, 0.6) is 5.75 Å². The van der Waals surface area contributed by atoms with Gasteiger partial charge < -0.3 is 9.64 Å². The predicted molar refractivity (Wildman–Crippen MR) is 93.6 cm³/mol. The van der Waals surface area contributed by atoms with Crippen LogP contribution in [0.1, 0.15) is 30.0 Å². The van der Waals surface area contributed by atoms with E-state index in [4.69, 9.17) is 4.74 Å². The first-order valence-electron chi connectivity index (χ1n) is 8.17. The molecule has 2 aromatic carbocycles. The molecule has 3 nitrogen and oxygen atoms in total. The molecule has 0 radical (unpaired) electrons. The van der Waals surface area contributed by atoms with Gasteiger partial charge in [0.1, 0.15) is 0 Å². The molecular formula is C20H24FNO2. The van der Waals surface area contributed by atoms with Crippen LogP contribution in [-0.4, -0.2) is 25.0 Å². The van der Waals surface area contributed by atoms with Crippen molar-refractivity contribution in [2.75, 3.05) is 14.2 Å². The van der Waals surface area contributed by atoms with Crippen molar-refractivity contribution in [2.45, 2.75) is 32.7 Å². The average Bonchev–Trinajstić information content (AvgIpc) is 2.60. The minimum Gasteiger partial charge on any atom is -0.494 e. The second-order valence-corrected chi connectivity index (χ2v) is 5.89. The van der Waals surface area contributed by atoms with Crippen LogP contribution in [0.3, 0.4) is 0 Å². The maximum Gasteiger partial charge on any atom is 0.222 e. The highest BCUT2D eigenvalue weighted by Crippen LogP contribution is 2.18. The van der Waals surface area contributed by atoms with E-state index >= 15 is 0 Å². The van der Waals surface area contributed by atoms with Crippen molar-refractivity contribution in [1.29, 1.82) is 0 Å². The maximum absolute atomic E-state index is 13.7. The van der Waals surface area contributed by atoms with Gasteiger partial charge in [0.25, 0.3) is 0 Å². The number of nitrogens with zero attached hydrogens (tertiary/aromatic N) is 1. The van der Waals surface area contributed by atoms with E-state index in [9.17, 15) is 9.18 Å². The molecule has 1 amide bonds. The number of halogens is 1. The molecule has 0 bridgehead atoms. The van der Waals surface area contributed by atoms with E-state index in [1.54, 1.807) is 24.1 Å². The minimum atomic E-state index is -0.396. The van der Waals surface area contributed by atoms with Gasteiger partial charge in [-0.1, -0.05) is 37.3 Å². The van der Waals surface area contributed by atoms with Crippen molar-refractivity contribution in [2.24, 2.45) is 0 Å². The van der Waals surface area contributed by atoms with Crippen LogP contribution in [0.25, 0.3) is 0 Å². The molecule has 0 aliphatic carbocycles. The molecule has 24 heavy (non-hydrogen) atoms. The lowest BCUT2D eigenvalue weighted by Crippen LogP contribution is -2.26. The molecule has 4 heteroatoms. The molecule has 0 heterocycles. The number of hydrogen-bond acceptors (Lipinski definition) is 2. The quantitative estimate of drug-likeness (QED) is 0.769. The molecule has 0 aliphatic heterocycles. The van der Waals surface area contributed by atoms with Crippen molar-refractivity contribution in [3.8, 4) is 5.75 Å². The zero-order valence-corrected chi connectivity index (χ0v) is 14.5. The van der Waals surface area contributed by atoms with E-state index in [-0.39, 0.29) is 11.7 Å². The number of aryl methyl sites for hydroxylation is 2. The van der Waals surface area contributed by atoms with Gasteiger partial charge in [0.05, 0.1) is 7.11 Å². The lowest BCUT2D eigenvalue weighted by molar-refractivity contribution is -0.130. The van der Waals surface area contributed by atoms with E-state index in [0.29, 0.717) is 19.4 Å². The van der Waals surface area contributed by atoms with E-state index < -0.39 is 5.82 Å². The van der Waals surface area contributed by atoms with Crippen molar-refractivity contribution in [1.82, 2.24) is 4.90 Å². The third kappa shape index (κ3) is 4.82. The molecule has 0 fully saturated rings. The lowest BCUT2D eigenvalue weighted by atomic mass is 10.1. The number of carbonyl (C=O) groups is 1. The monoisotopic (exact) mass is 329 g/mol. The van der Waals surface area contributed by atoms with Crippen LogP contribution in [0.4, 0.5) is 4.39 Å². The van der Waals surface area contributed by atoms with Gasteiger partial charge in [-0.15, -0.1) is 0 Å². The Morgan fingerprint density at radius 1 is 1.08 bits per heavy atom. The molecule has 0 unspecified atom stereocenters. The normalized spacial score (nSPS) is 10.5. The smallest absolute Gasteiger partial charge is 0.222 e. The number of ether oxygens (including phenoxy) is 1. The van der Waals surface area contributed by atoms with Gasteiger partial charge in [-0.3, -0.25) is 4.79 Å². The molecule has 0 spiro atoms. The fraction of sp³-hybridized carbons (Fsp3) is 0.350. The Kier molecular flexibility index (Phi) is 6.36. The third-order valence-corrected chi connectivity index (χ3v) is 4.12. The van der Waals surface area contributed by atoms with Crippen molar-refractivity contribution in [3.05, 3.63) is 65.0 Å². The van der Waals surface area contributed by atoms with Crippen LogP contribution in [0.2, 0.25) is 0 Å². The summed E-state index contributed by atoms with van der Waals surface area (Å²) in [6.45, 7) is 2.70. The first kappa shape index (κ1) is 18.0. The summed E-state index contributed by atoms with van der Waals surface area (Å²) in [4.78, 5) is 14.0. The van der Waals surface area contributed by atoms with E-state index in [2.05, 4.69) is 31.2 Å². The van der Waals surface area contributed by atoms with Crippen LogP contribution >= 0.6 is 0 Å². The summed E-state index contributed by atoms with van der Waals surface area (Å²) < 4.78 is 18.6. The van der Waals surface area contributed by atoms with Gasteiger partial charge in [-0.25, -0.2) is 4.39 Å². The zero-order valence-electron chi connectivity index (χ0n) is 14.5. The van der Waals surface area contributed by atoms with Crippen molar-refractivity contribution < 1.29 is 13.9 Å². The average molecular weight is 329 g/mol. The molecule has 0 aromatic heterocycles. The Balaban J connectivity index is 1.87. The zero-order chi connectivity index (χ0) is 17.5. The highest BCUT2D eigenvalue weighted by atomic mass is 19.1. The molecule has 0 aliphatic rings. The van der Waals surface area contributed by atoms with Crippen LogP contribution in [0, 0.1) is 5.82 Å². The molecule has 2 aromatic rings. The molecule has 0 atom stereocenters. The fourth-order valence-electron chi connectivity index (χ4n) is 2.55. The summed E-state index contributed by atoms with van der Waals surface area (Å²) in [5.41, 5.74) is 3.19. The molecule has 128 valence electrons. The number of hydrogen-bond donors (Lipinski definition) is 0. The maximum atomic E-state index is 13.7. The van der Waals surface area contributed by atoms with Crippen LogP contribution in [-0.2, 0) is 24.2 Å².